The van der Waals surface area contributed by atoms with E-state index in [2.05, 4.69) is 28.0 Å². The lowest BCUT2D eigenvalue weighted by atomic mass is 10.0. The number of carbonyl (C=O) groups excluding carboxylic acids is 1. The van der Waals surface area contributed by atoms with Gasteiger partial charge in [-0.1, -0.05) is 18.2 Å². The number of hydrogen-bond acceptors (Lipinski definition) is 5. The molecule has 0 unspecified atom stereocenters. The first-order valence-electron chi connectivity index (χ1n) is 10.2. The third kappa shape index (κ3) is 5.31. The van der Waals surface area contributed by atoms with Crippen LogP contribution in [0.2, 0.25) is 0 Å². The van der Waals surface area contributed by atoms with E-state index in [1.165, 1.54) is 23.0 Å². The predicted octanol–water partition coefficient (Wildman–Crippen LogP) is 3.04. The zero-order chi connectivity index (χ0) is 21.1. The highest BCUT2D eigenvalue weighted by molar-refractivity contribution is 6.11. The van der Waals surface area contributed by atoms with Crippen molar-refractivity contribution in [1.82, 2.24) is 19.6 Å². The van der Waals surface area contributed by atoms with Gasteiger partial charge in [0.2, 0.25) is 0 Å². The molecule has 1 aliphatic heterocycles. The third-order valence-electron chi connectivity index (χ3n) is 5.62. The van der Waals surface area contributed by atoms with Gasteiger partial charge in [0.05, 0.1) is 17.4 Å². The van der Waals surface area contributed by atoms with Crippen LogP contribution in [0.15, 0.2) is 54.7 Å². The van der Waals surface area contributed by atoms with Crippen molar-refractivity contribution >= 4 is 24.0 Å². The number of halogens is 2. The van der Waals surface area contributed by atoms with Crippen molar-refractivity contribution in [3.63, 3.8) is 0 Å². The Morgan fingerprint density at radius 2 is 1.81 bits per heavy atom. The van der Waals surface area contributed by atoms with Crippen LogP contribution < -0.4 is 5.73 Å². The zero-order valence-electron chi connectivity index (χ0n) is 17.5. The van der Waals surface area contributed by atoms with Gasteiger partial charge in [-0.15, -0.1) is 12.4 Å². The number of anilines is 1. The highest BCUT2D eigenvalue weighted by Gasteiger charge is 2.19. The summed E-state index contributed by atoms with van der Waals surface area (Å²) in [6, 6.07) is 13.5. The lowest BCUT2D eigenvalue weighted by molar-refractivity contribution is 0.103. The molecule has 0 amide bonds. The standard InChI is InChI=1S/C23H26FN5O.ClH/c1-27-11-13-28(14-12-27)10-9-17-3-2-4-18(15-17)22(30)21-16-26-29(23(21)25)20-7-5-19(24)6-8-20;/h2-8,15-16H,9-14,25H2,1H3;1H. The summed E-state index contributed by atoms with van der Waals surface area (Å²) in [5.74, 6) is -0.258. The topological polar surface area (TPSA) is 67.4 Å². The molecule has 1 fully saturated rings. The molecule has 1 aliphatic rings. The Hall–Kier alpha value is -2.74. The van der Waals surface area contributed by atoms with Crippen LogP contribution >= 0.6 is 12.4 Å². The summed E-state index contributed by atoms with van der Waals surface area (Å²) in [7, 11) is 2.15. The molecular formula is C23H27ClFN5O. The van der Waals surface area contributed by atoms with E-state index in [1.807, 2.05) is 12.1 Å². The van der Waals surface area contributed by atoms with E-state index in [1.54, 1.807) is 18.2 Å². The fourth-order valence-corrected chi connectivity index (χ4v) is 3.70. The molecule has 1 saturated heterocycles. The van der Waals surface area contributed by atoms with Gasteiger partial charge in [-0.3, -0.25) is 4.79 Å². The molecule has 8 heteroatoms. The first-order valence-corrected chi connectivity index (χ1v) is 10.2. The Bertz CT molecular complexity index is 1030. The SMILES string of the molecule is CN1CCN(CCc2cccc(C(=O)c3cnn(-c4ccc(F)cc4)c3N)c2)CC1.Cl. The maximum absolute atomic E-state index is 13.2. The number of benzene rings is 2. The maximum atomic E-state index is 13.2. The predicted molar refractivity (Wildman–Crippen MR) is 123 cm³/mol. The van der Waals surface area contributed by atoms with E-state index >= 15 is 0 Å². The Labute approximate surface area is 187 Å². The largest absolute Gasteiger partial charge is 0.383 e. The molecule has 0 bridgehead atoms. The minimum atomic E-state index is -0.339. The van der Waals surface area contributed by atoms with Crippen LogP contribution in [-0.2, 0) is 6.42 Å². The number of hydrogen-bond donors (Lipinski definition) is 1. The summed E-state index contributed by atoms with van der Waals surface area (Å²) in [5, 5.41) is 4.23. The monoisotopic (exact) mass is 443 g/mol. The van der Waals surface area contributed by atoms with Crippen LogP contribution in [0.4, 0.5) is 10.2 Å². The summed E-state index contributed by atoms with van der Waals surface area (Å²) in [6.45, 7) is 5.32. The zero-order valence-corrected chi connectivity index (χ0v) is 18.3. The molecule has 2 heterocycles. The highest BCUT2D eigenvalue weighted by Crippen LogP contribution is 2.21. The van der Waals surface area contributed by atoms with Crippen LogP contribution in [0.25, 0.3) is 5.69 Å². The fraction of sp³-hybridized carbons (Fsp3) is 0.304. The molecule has 4 rings (SSSR count). The third-order valence-corrected chi connectivity index (χ3v) is 5.62. The van der Waals surface area contributed by atoms with Crippen LogP contribution in [0.5, 0.6) is 0 Å². The van der Waals surface area contributed by atoms with Gasteiger partial charge < -0.3 is 15.5 Å². The molecule has 2 N–H and O–H groups in total. The van der Waals surface area contributed by atoms with Gasteiger partial charge >= 0.3 is 0 Å². The number of nitrogen functional groups attached to an aromatic ring is 1. The Morgan fingerprint density at radius 1 is 1.10 bits per heavy atom. The second-order valence-electron chi connectivity index (χ2n) is 7.76. The minimum Gasteiger partial charge on any atom is -0.383 e. The average molecular weight is 444 g/mol. The maximum Gasteiger partial charge on any atom is 0.198 e. The number of piperazine rings is 1. The number of nitrogens with zero attached hydrogens (tertiary/aromatic N) is 4. The van der Waals surface area contributed by atoms with Crippen molar-refractivity contribution in [2.75, 3.05) is 45.5 Å². The fourth-order valence-electron chi connectivity index (χ4n) is 3.70. The normalized spacial score (nSPS) is 14.9. The number of rotatable bonds is 6. The van der Waals surface area contributed by atoms with Crippen molar-refractivity contribution in [1.29, 1.82) is 0 Å². The van der Waals surface area contributed by atoms with Crippen LogP contribution in [-0.4, -0.2) is 65.1 Å². The number of carbonyl (C=O) groups is 1. The van der Waals surface area contributed by atoms with Crippen LogP contribution in [0.1, 0.15) is 21.5 Å². The minimum absolute atomic E-state index is 0. The Balaban J connectivity index is 0.00000272. The first-order chi connectivity index (χ1) is 14.5. The van der Waals surface area contributed by atoms with Gasteiger partial charge in [0.25, 0.3) is 0 Å². The van der Waals surface area contributed by atoms with E-state index in [4.69, 9.17) is 5.73 Å². The number of aromatic nitrogens is 2. The van der Waals surface area contributed by atoms with Gasteiger partial charge in [-0.25, -0.2) is 9.07 Å². The second kappa shape index (κ2) is 10.0. The number of likely N-dealkylation sites (N-methyl/N-ethyl adjacent to an activating group) is 1. The molecule has 31 heavy (non-hydrogen) atoms. The average Bonchev–Trinajstić information content (AvgIpc) is 3.15. The van der Waals surface area contributed by atoms with Crippen LogP contribution in [0, 0.1) is 5.82 Å². The lowest BCUT2D eigenvalue weighted by Crippen LogP contribution is -2.45. The molecule has 6 nitrogen and oxygen atoms in total. The van der Waals surface area contributed by atoms with E-state index in [9.17, 15) is 9.18 Å². The summed E-state index contributed by atoms with van der Waals surface area (Å²) < 4.78 is 14.6. The lowest BCUT2D eigenvalue weighted by Gasteiger charge is -2.32. The molecule has 0 radical (unpaired) electrons. The summed E-state index contributed by atoms with van der Waals surface area (Å²) >= 11 is 0. The van der Waals surface area contributed by atoms with E-state index in [-0.39, 0.29) is 29.8 Å². The summed E-state index contributed by atoms with van der Waals surface area (Å²) in [6.07, 6.45) is 2.37. The summed E-state index contributed by atoms with van der Waals surface area (Å²) in [5.41, 5.74) is 8.86. The first kappa shape index (κ1) is 22.9. The number of nitrogens with two attached hydrogens (primary N) is 1. The second-order valence-corrected chi connectivity index (χ2v) is 7.76. The quantitative estimate of drug-likeness (QED) is 0.593. The van der Waals surface area contributed by atoms with Gasteiger partial charge in [0.1, 0.15) is 11.6 Å². The van der Waals surface area contributed by atoms with Crippen molar-refractivity contribution in [2.24, 2.45) is 0 Å². The molecule has 2 aromatic carbocycles. The molecule has 3 aromatic rings. The van der Waals surface area contributed by atoms with Gasteiger partial charge in [0.15, 0.2) is 5.78 Å². The van der Waals surface area contributed by atoms with Gasteiger partial charge in [-0.2, -0.15) is 5.10 Å². The molecule has 0 saturated carbocycles. The Morgan fingerprint density at radius 3 is 2.52 bits per heavy atom. The number of ketones is 1. The highest BCUT2D eigenvalue weighted by atomic mass is 35.5. The molecule has 0 aliphatic carbocycles. The van der Waals surface area contributed by atoms with Crippen molar-refractivity contribution < 1.29 is 9.18 Å². The van der Waals surface area contributed by atoms with Gasteiger partial charge in [0, 0.05) is 38.3 Å². The van der Waals surface area contributed by atoms with E-state index in [0.717, 1.165) is 44.7 Å². The molecule has 164 valence electrons. The molecular weight excluding hydrogens is 417 g/mol. The van der Waals surface area contributed by atoms with E-state index in [0.29, 0.717) is 16.8 Å². The molecule has 0 atom stereocenters. The van der Waals surface area contributed by atoms with Crippen molar-refractivity contribution in [3.8, 4) is 5.69 Å². The molecule has 0 spiro atoms. The van der Waals surface area contributed by atoms with Crippen molar-refractivity contribution in [2.45, 2.75) is 6.42 Å². The van der Waals surface area contributed by atoms with Crippen molar-refractivity contribution in [3.05, 3.63) is 77.2 Å². The molecule has 1 aromatic heterocycles. The van der Waals surface area contributed by atoms with Crippen LogP contribution in [0.3, 0.4) is 0 Å². The Kier molecular flexibility index (Phi) is 7.43. The van der Waals surface area contributed by atoms with E-state index < -0.39 is 0 Å². The van der Waals surface area contributed by atoms with Gasteiger partial charge in [-0.05, 0) is 49.4 Å². The smallest absolute Gasteiger partial charge is 0.198 e. The summed E-state index contributed by atoms with van der Waals surface area (Å²) in [4.78, 5) is 17.8.